The number of alkyl halides is 3. The molecule has 4 rings (SSSR count). The topological polar surface area (TPSA) is 91.5 Å². The molecule has 0 saturated carbocycles. The predicted octanol–water partition coefficient (Wildman–Crippen LogP) is 4.89. The Bertz CT molecular complexity index is 1160. The first-order valence-electron chi connectivity index (χ1n) is 10.5. The van der Waals surface area contributed by atoms with Crippen molar-refractivity contribution in [2.75, 3.05) is 31.4 Å². The fourth-order valence-electron chi connectivity index (χ4n) is 3.78. The fourth-order valence-corrected chi connectivity index (χ4v) is 3.78. The van der Waals surface area contributed by atoms with Crippen LogP contribution in [0.4, 0.5) is 24.7 Å². The van der Waals surface area contributed by atoms with Gasteiger partial charge in [-0.2, -0.15) is 13.2 Å². The zero-order valence-electron chi connectivity index (χ0n) is 18.5. The molecule has 7 nitrogen and oxygen atoms in total. The number of anilines is 2. The molecule has 2 heterocycles. The fraction of sp³-hybridized carbons (Fsp3) is 0.391. The zero-order chi connectivity index (χ0) is 23.8. The van der Waals surface area contributed by atoms with E-state index in [0.717, 1.165) is 18.6 Å². The maximum Gasteiger partial charge on any atom is 0.416 e. The molecule has 0 amide bonds. The summed E-state index contributed by atoms with van der Waals surface area (Å²) in [6.07, 6.45) is -3.81. The summed E-state index contributed by atoms with van der Waals surface area (Å²) in [5, 5.41) is 3.87. The van der Waals surface area contributed by atoms with Gasteiger partial charge >= 0.3 is 6.18 Å². The molecule has 10 heteroatoms. The lowest BCUT2D eigenvalue weighted by Crippen LogP contribution is -2.16. The standard InChI is InChI=1S/C23H25F3N4O3/c1-12(14-6-15(23(24,25)26)8-16(27)7-14)28-22-18-9-21(33-17-4-5-32-11-17)20(31-3)10-19(18)29-13(2)30-22/h6-10,12,17H,4-5,11,27H2,1-3H3,(H,28,29,30)/t12-,17?/m1/s1. The molecule has 176 valence electrons. The molecular weight excluding hydrogens is 437 g/mol. The number of nitrogen functional groups attached to an aromatic ring is 1. The predicted molar refractivity (Wildman–Crippen MR) is 119 cm³/mol. The normalized spacial score (nSPS) is 17.2. The Hall–Kier alpha value is -3.27. The molecule has 1 unspecified atom stereocenters. The van der Waals surface area contributed by atoms with Crippen molar-refractivity contribution in [2.24, 2.45) is 0 Å². The Morgan fingerprint density at radius 3 is 2.61 bits per heavy atom. The van der Waals surface area contributed by atoms with Gasteiger partial charge in [-0.05, 0) is 43.7 Å². The van der Waals surface area contributed by atoms with Gasteiger partial charge in [0.15, 0.2) is 11.5 Å². The average Bonchev–Trinajstić information content (AvgIpc) is 3.25. The van der Waals surface area contributed by atoms with Crippen LogP contribution in [0.25, 0.3) is 10.9 Å². The van der Waals surface area contributed by atoms with E-state index < -0.39 is 17.8 Å². The number of benzene rings is 2. The molecule has 3 aromatic rings. The van der Waals surface area contributed by atoms with Crippen LogP contribution in [0, 0.1) is 6.92 Å². The maximum absolute atomic E-state index is 13.3. The molecule has 2 atom stereocenters. The molecule has 1 aromatic heterocycles. The number of aromatic nitrogens is 2. The Balaban J connectivity index is 1.71. The number of methoxy groups -OCH3 is 1. The highest BCUT2D eigenvalue weighted by molar-refractivity contribution is 5.92. The highest BCUT2D eigenvalue weighted by Gasteiger charge is 2.31. The number of hydrogen-bond donors (Lipinski definition) is 2. The summed E-state index contributed by atoms with van der Waals surface area (Å²) in [6.45, 7) is 4.61. The molecule has 0 radical (unpaired) electrons. The monoisotopic (exact) mass is 462 g/mol. The summed E-state index contributed by atoms with van der Waals surface area (Å²) >= 11 is 0. The van der Waals surface area contributed by atoms with Gasteiger partial charge in [-0.25, -0.2) is 9.97 Å². The van der Waals surface area contributed by atoms with Gasteiger partial charge in [-0.15, -0.1) is 0 Å². The summed E-state index contributed by atoms with van der Waals surface area (Å²) in [4.78, 5) is 8.97. The Kier molecular flexibility index (Phi) is 6.20. The van der Waals surface area contributed by atoms with E-state index in [9.17, 15) is 13.2 Å². The number of hydrogen-bond acceptors (Lipinski definition) is 7. The lowest BCUT2D eigenvalue weighted by Gasteiger charge is -2.20. The number of rotatable bonds is 6. The Labute approximate surface area is 189 Å². The molecule has 0 aliphatic carbocycles. The lowest BCUT2D eigenvalue weighted by molar-refractivity contribution is -0.137. The van der Waals surface area contributed by atoms with E-state index in [-0.39, 0.29) is 11.8 Å². The van der Waals surface area contributed by atoms with Gasteiger partial charge in [0.1, 0.15) is 17.7 Å². The molecule has 1 aliphatic rings. The molecule has 1 aliphatic heterocycles. The van der Waals surface area contributed by atoms with Crippen molar-refractivity contribution in [1.29, 1.82) is 0 Å². The highest BCUT2D eigenvalue weighted by Crippen LogP contribution is 2.37. The number of halogens is 3. The van der Waals surface area contributed by atoms with Crippen molar-refractivity contribution < 1.29 is 27.4 Å². The van der Waals surface area contributed by atoms with Crippen LogP contribution >= 0.6 is 0 Å². The van der Waals surface area contributed by atoms with Crippen molar-refractivity contribution >= 4 is 22.4 Å². The molecule has 2 aromatic carbocycles. The number of aryl methyl sites for hydroxylation is 1. The van der Waals surface area contributed by atoms with E-state index in [1.807, 2.05) is 0 Å². The summed E-state index contributed by atoms with van der Waals surface area (Å²) in [5.41, 5.74) is 5.99. The van der Waals surface area contributed by atoms with Gasteiger partial charge in [-0.1, -0.05) is 0 Å². The first-order valence-corrected chi connectivity index (χ1v) is 10.5. The van der Waals surface area contributed by atoms with E-state index in [1.165, 1.54) is 6.07 Å². The minimum atomic E-state index is -4.49. The van der Waals surface area contributed by atoms with E-state index in [2.05, 4.69) is 15.3 Å². The summed E-state index contributed by atoms with van der Waals surface area (Å²) in [5.74, 6) is 2.01. The molecule has 1 saturated heterocycles. The number of nitrogens with one attached hydrogen (secondary N) is 1. The molecule has 1 fully saturated rings. The maximum atomic E-state index is 13.3. The average molecular weight is 462 g/mol. The number of nitrogens with zero attached hydrogens (tertiary/aromatic N) is 2. The second kappa shape index (κ2) is 8.93. The summed E-state index contributed by atoms with van der Waals surface area (Å²) in [7, 11) is 1.55. The van der Waals surface area contributed by atoms with Gasteiger partial charge in [-0.3, -0.25) is 0 Å². The van der Waals surface area contributed by atoms with Crippen LogP contribution in [0.5, 0.6) is 11.5 Å². The van der Waals surface area contributed by atoms with Crippen LogP contribution in [0.3, 0.4) is 0 Å². The van der Waals surface area contributed by atoms with Crippen LogP contribution in [0.15, 0.2) is 30.3 Å². The number of ether oxygens (including phenoxy) is 3. The SMILES string of the molecule is COc1cc2nc(C)nc(N[C@H](C)c3cc(N)cc(C(F)(F)F)c3)c2cc1OC1CCOC1. The first kappa shape index (κ1) is 22.9. The number of nitrogens with two attached hydrogens (primary N) is 1. The van der Waals surface area contributed by atoms with Crippen LogP contribution in [0.1, 0.15) is 36.3 Å². The zero-order valence-corrected chi connectivity index (χ0v) is 18.5. The van der Waals surface area contributed by atoms with Crippen molar-refractivity contribution in [2.45, 2.75) is 38.6 Å². The van der Waals surface area contributed by atoms with E-state index in [1.54, 1.807) is 33.1 Å². The van der Waals surface area contributed by atoms with Gasteiger partial charge in [0.25, 0.3) is 0 Å². The van der Waals surface area contributed by atoms with Gasteiger partial charge < -0.3 is 25.3 Å². The Morgan fingerprint density at radius 2 is 1.94 bits per heavy atom. The van der Waals surface area contributed by atoms with Gasteiger partial charge in [0.05, 0.1) is 37.4 Å². The van der Waals surface area contributed by atoms with Crippen LogP contribution in [-0.4, -0.2) is 36.4 Å². The quantitative estimate of drug-likeness (QED) is 0.504. The van der Waals surface area contributed by atoms with Crippen molar-refractivity contribution in [1.82, 2.24) is 9.97 Å². The van der Waals surface area contributed by atoms with Gasteiger partial charge in [0.2, 0.25) is 0 Å². The van der Waals surface area contributed by atoms with Crippen LogP contribution < -0.4 is 20.5 Å². The molecule has 3 N–H and O–H groups in total. The van der Waals surface area contributed by atoms with Crippen molar-refractivity contribution in [3.63, 3.8) is 0 Å². The lowest BCUT2D eigenvalue weighted by atomic mass is 10.0. The minimum Gasteiger partial charge on any atom is -0.493 e. The largest absolute Gasteiger partial charge is 0.493 e. The molecule has 0 spiro atoms. The third-order valence-corrected chi connectivity index (χ3v) is 5.43. The summed E-state index contributed by atoms with van der Waals surface area (Å²) in [6, 6.07) is 6.54. The second-order valence-corrected chi connectivity index (χ2v) is 8.00. The van der Waals surface area contributed by atoms with E-state index in [0.29, 0.717) is 52.8 Å². The Morgan fingerprint density at radius 1 is 1.15 bits per heavy atom. The minimum absolute atomic E-state index is 0.0383. The van der Waals surface area contributed by atoms with Crippen LogP contribution in [-0.2, 0) is 10.9 Å². The van der Waals surface area contributed by atoms with E-state index >= 15 is 0 Å². The molecular formula is C23H25F3N4O3. The second-order valence-electron chi connectivity index (χ2n) is 8.00. The summed E-state index contributed by atoms with van der Waals surface area (Å²) < 4.78 is 56.7. The smallest absolute Gasteiger partial charge is 0.416 e. The number of fused-ring (bicyclic) bond motifs is 1. The third kappa shape index (κ3) is 5.05. The van der Waals surface area contributed by atoms with Crippen LogP contribution in [0.2, 0.25) is 0 Å². The molecule has 33 heavy (non-hydrogen) atoms. The molecule has 0 bridgehead atoms. The van der Waals surface area contributed by atoms with Crippen molar-refractivity contribution in [3.8, 4) is 11.5 Å². The first-order chi connectivity index (χ1) is 15.6. The van der Waals surface area contributed by atoms with Gasteiger partial charge in [0, 0.05) is 23.6 Å². The van der Waals surface area contributed by atoms with E-state index in [4.69, 9.17) is 19.9 Å². The highest BCUT2D eigenvalue weighted by atomic mass is 19.4. The third-order valence-electron chi connectivity index (χ3n) is 5.43. The van der Waals surface area contributed by atoms with Crippen molar-refractivity contribution in [3.05, 3.63) is 47.3 Å².